The molecule has 2 N–H and O–H groups in total. The first kappa shape index (κ1) is 14.6. The van der Waals surface area contributed by atoms with Crippen molar-refractivity contribution in [3.8, 4) is 0 Å². The predicted octanol–water partition coefficient (Wildman–Crippen LogP) is 2.59. The summed E-state index contributed by atoms with van der Waals surface area (Å²) in [6, 6.07) is 7.43. The van der Waals surface area contributed by atoms with Crippen molar-refractivity contribution in [2.45, 2.75) is 12.8 Å². The topological polar surface area (TPSA) is 70.6 Å². The number of hydrogen-bond acceptors (Lipinski definition) is 4. The summed E-state index contributed by atoms with van der Waals surface area (Å²) in [5.74, 6) is 0.381. The average molecular weight is 368 g/mol. The van der Waals surface area contributed by atoms with Crippen LogP contribution in [0.25, 0.3) is 0 Å². The number of rotatable bonds is 4. The summed E-state index contributed by atoms with van der Waals surface area (Å²) in [5, 5.41) is 7.62. The fourth-order valence-corrected chi connectivity index (χ4v) is 3.57. The highest BCUT2D eigenvalue weighted by Gasteiger charge is 2.42. The second kappa shape index (κ2) is 6.19. The van der Waals surface area contributed by atoms with Crippen LogP contribution in [0.3, 0.4) is 0 Å². The zero-order chi connectivity index (χ0) is 14.8. The Labute approximate surface area is 135 Å². The van der Waals surface area contributed by atoms with Gasteiger partial charge in [0.1, 0.15) is 5.04 Å². The highest BCUT2D eigenvalue weighted by Crippen LogP contribution is 2.41. The summed E-state index contributed by atoms with van der Waals surface area (Å²) in [5.41, 5.74) is 3.26. The number of thioether (sulfide) groups is 1. The molecule has 0 radical (unpaired) electrons. The molecule has 1 aliphatic carbocycles. The van der Waals surface area contributed by atoms with Gasteiger partial charge in [-0.15, -0.1) is 0 Å². The lowest BCUT2D eigenvalue weighted by atomic mass is 10.1. The molecule has 1 aliphatic heterocycles. The number of hydrazone groups is 1. The lowest BCUT2D eigenvalue weighted by Crippen LogP contribution is -2.24. The van der Waals surface area contributed by atoms with Crippen LogP contribution in [0.15, 0.2) is 33.8 Å². The number of benzene rings is 1. The fraction of sp³-hybridized carbons (Fsp3) is 0.357. The van der Waals surface area contributed by atoms with Crippen molar-refractivity contribution >= 4 is 50.2 Å². The molecule has 5 nitrogen and oxygen atoms in total. The highest BCUT2D eigenvalue weighted by atomic mass is 79.9. The van der Waals surface area contributed by atoms with E-state index in [0.29, 0.717) is 5.92 Å². The molecule has 21 heavy (non-hydrogen) atoms. The first-order chi connectivity index (χ1) is 10.1. The minimum Gasteiger partial charge on any atom is -0.325 e. The summed E-state index contributed by atoms with van der Waals surface area (Å²) in [6.07, 6.45) is 2.14. The fourth-order valence-electron chi connectivity index (χ4n) is 2.23. The molecule has 3 rings (SSSR count). The molecule has 2 amide bonds. The Morgan fingerprint density at radius 1 is 1.48 bits per heavy atom. The van der Waals surface area contributed by atoms with E-state index in [-0.39, 0.29) is 23.5 Å². The Morgan fingerprint density at radius 2 is 2.29 bits per heavy atom. The summed E-state index contributed by atoms with van der Waals surface area (Å²) in [6.45, 7) is 0. The average Bonchev–Trinajstić information content (AvgIpc) is 3.20. The molecule has 1 atom stereocenters. The van der Waals surface area contributed by atoms with Gasteiger partial charge in [-0.3, -0.25) is 9.59 Å². The normalized spacial score (nSPS) is 20.9. The van der Waals surface area contributed by atoms with Gasteiger partial charge >= 0.3 is 0 Å². The summed E-state index contributed by atoms with van der Waals surface area (Å²) in [7, 11) is 0. The molecule has 1 aromatic rings. The van der Waals surface area contributed by atoms with Gasteiger partial charge in [-0.25, -0.2) is 5.43 Å². The van der Waals surface area contributed by atoms with Crippen LogP contribution in [0.2, 0.25) is 0 Å². The van der Waals surface area contributed by atoms with Crippen LogP contribution in [0.5, 0.6) is 0 Å². The molecule has 1 fully saturated rings. The predicted molar refractivity (Wildman–Crippen MR) is 87.0 cm³/mol. The Bertz CT molecular complexity index is 616. The van der Waals surface area contributed by atoms with Gasteiger partial charge in [0.25, 0.3) is 0 Å². The number of carbonyl (C=O) groups excluding carboxylic acids is 2. The summed E-state index contributed by atoms with van der Waals surface area (Å²) >= 11 is 4.70. The molecular weight excluding hydrogens is 354 g/mol. The van der Waals surface area contributed by atoms with Crippen molar-refractivity contribution in [1.82, 2.24) is 5.43 Å². The number of nitrogens with one attached hydrogen (secondary N) is 2. The van der Waals surface area contributed by atoms with Gasteiger partial charge in [0.15, 0.2) is 0 Å². The van der Waals surface area contributed by atoms with Crippen LogP contribution in [0, 0.1) is 11.8 Å². The Balaban J connectivity index is 1.53. The van der Waals surface area contributed by atoms with Crippen molar-refractivity contribution in [3.63, 3.8) is 0 Å². The van der Waals surface area contributed by atoms with Crippen LogP contribution in [0.4, 0.5) is 5.69 Å². The lowest BCUT2D eigenvalue weighted by Gasteiger charge is -2.09. The molecule has 1 heterocycles. The number of halogens is 1. The standard InChI is InChI=1S/C14H14BrN3O2S/c15-9-2-1-3-10(6-9)16-11(19)7-21-14-12(8-4-5-8)13(20)17-18-14/h1-3,6,8,12H,4-5,7H2,(H,16,19)(H,17,20). The number of amides is 2. The molecule has 0 aromatic heterocycles. The summed E-state index contributed by atoms with van der Waals surface area (Å²) in [4.78, 5) is 23.6. The summed E-state index contributed by atoms with van der Waals surface area (Å²) < 4.78 is 0.914. The Hall–Kier alpha value is -1.34. The van der Waals surface area contributed by atoms with E-state index >= 15 is 0 Å². The van der Waals surface area contributed by atoms with E-state index in [1.54, 1.807) is 0 Å². The minimum absolute atomic E-state index is 0.0348. The van der Waals surface area contributed by atoms with Crippen molar-refractivity contribution in [3.05, 3.63) is 28.7 Å². The second-order valence-corrected chi connectivity index (χ2v) is 7.00. The first-order valence-electron chi connectivity index (χ1n) is 6.69. The van der Waals surface area contributed by atoms with Crippen LogP contribution in [0.1, 0.15) is 12.8 Å². The maximum atomic E-state index is 11.9. The van der Waals surface area contributed by atoms with Crippen LogP contribution < -0.4 is 10.7 Å². The van der Waals surface area contributed by atoms with Gasteiger partial charge in [-0.05, 0) is 37.0 Å². The number of nitrogens with zero attached hydrogens (tertiary/aromatic N) is 1. The molecule has 0 saturated heterocycles. The highest BCUT2D eigenvalue weighted by molar-refractivity contribution is 9.10. The van der Waals surface area contributed by atoms with Gasteiger partial charge < -0.3 is 5.32 Å². The SMILES string of the molecule is O=C(CSC1=NNC(=O)C1C1CC1)Nc1cccc(Br)c1. The van der Waals surface area contributed by atoms with Gasteiger partial charge in [0.05, 0.1) is 11.7 Å². The maximum Gasteiger partial charge on any atom is 0.250 e. The van der Waals surface area contributed by atoms with Gasteiger partial charge in [-0.1, -0.05) is 33.8 Å². The van der Waals surface area contributed by atoms with Crippen LogP contribution >= 0.6 is 27.7 Å². The molecule has 1 saturated carbocycles. The van der Waals surface area contributed by atoms with Gasteiger partial charge in [0.2, 0.25) is 11.8 Å². The minimum atomic E-state index is -0.145. The van der Waals surface area contributed by atoms with E-state index in [4.69, 9.17) is 0 Å². The first-order valence-corrected chi connectivity index (χ1v) is 8.47. The Morgan fingerprint density at radius 3 is 3.00 bits per heavy atom. The van der Waals surface area contributed by atoms with E-state index in [2.05, 4.69) is 31.8 Å². The lowest BCUT2D eigenvalue weighted by molar-refractivity contribution is -0.122. The van der Waals surface area contributed by atoms with Crippen molar-refractivity contribution < 1.29 is 9.59 Å². The number of carbonyl (C=O) groups is 2. The molecule has 2 aliphatic rings. The van der Waals surface area contributed by atoms with Crippen molar-refractivity contribution in [2.24, 2.45) is 16.9 Å². The third-order valence-electron chi connectivity index (χ3n) is 3.38. The van der Waals surface area contributed by atoms with Gasteiger partial charge in [0, 0.05) is 10.2 Å². The molecule has 1 aromatic carbocycles. The monoisotopic (exact) mass is 367 g/mol. The van der Waals surface area contributed by atoms with Crippen LogP contribution in [-0.4, -0.2) is 22.6 Å². The van der Waals surface area contributed by atoms with Crippen molar-refractivity contribution in [2.75, 3.05) is 11.1 Å². The van der Waals surface area contributed by atoms with Crippen molar-refractivity contribution in [1.29, 1.82) is 0 Å². The molecule has 1 unspecified atom stereocenters. The quantitative estimate of drug-likeness (QED) is 0.858. The Kier molecular flexibility index (Phi) is 4.30. The number of anilines is 1. The molecular formula is C14H14BrN3O2S. The van der Waals surface area contributed by atoms with Crippen LogP contribution in [-0.2, 0) is 9.59 Å². The van der Waals surface area contributed by atoms with E-state index in [1.807, 2.05) is 24.3 Å². The largest absolute Gasteiger partial charge is 0.325 e. The zero-order valence-corrected chi connectivity index (χ0v) is 13.5. The zero-order valence-electron chi connectivity index (χ0n) is 11.1. The third kappa shape index (κ3) is 3.65. The maximum absolute atomic E-state index is 11.9. The molecule has 110 valence electrons. The van der Waals surface area contributed by atoms with E-state index in [0.717, 1.165) is 28.0 Å². The van der Waals surface area contributed by atoms with E-state index in [9.17, 15) is 9.59 Å². The van der Waals surface area contributed by atoms with E-state index in [1.165, 1.54) is 11.8 Å². The molecule has 0 spiro atoms. The molecule has 0 bridgehead atoms. The van der Waals surface area contributed by atoms with Gasteiger partial charge in [-0.2, -0.15) is 5.10 Å². The molecule has 7 heteroatoms. The van der Waals surface area contributed by atoms with E-state index < -0.39 is 0 Å². The number of hydrogen-bond donors (Lipinski definition) is 2. The smallest absolute Gasteiger partial charge is 0.250 e. The second-order valence-electron chi connectivity index (χ2n) is 5.09. The third-order valence-corrected chi connectivity index (χ3v) is 4.92.